The summed E-state index contributed by atoms with van der Waals surface area (Å²) in [5.41, 5.74) is 9.81. The van der Waals surface area contributed by atoms with Gasteiger partial charge in [0.25, 0.3) is 0 Å². The second-order valence-electron chi connectivity index (χ2n) is 4.43. The lowest BCUT2D eigenvalue weighted by molar-refractivity contribution is 0.318. The van der Waals surface area contributed by atoms with Crippen molar-refractivity contribution in [1.82, 2.24) is 4.98 Å². The van der Waals surface area contributed by atoms with Gasteiger partial charge in [0.2, 0.25) is 0 Å². The number of nitrogens with zero attached hydrogens (tertiary/aromatic N) is 1. The van der Waals surface area contributed by atoms with Crippen molar-refractivity contribution in [3.8, 4) is 5.75 Å². The lowest BCUT2D eigenvalue weighted by Crippen LogP contribution is -2.09. The summed E-state index contributed by atoms with van der Waals surface area (Å²) in [7, 11) is 0. The maximum atomic E-state index is 5.98. The number of halogens is 1. The Bertz CT molecular complexity index is 554. The molecule has 2 aromatic rings. The molecule has 0 aliphatic rings. The Morgan fingerprint density at radius 2 is 2.26 bits per heavy atom. The van der Waals surface area contributed by atoms with Gasteiger partial charge in [-0.15, -0.1) is 11.3 Å². The van der Waals surface area contributed by atoms with Crippen molar-refractivity contribution in [2.24, 2.45) is 5.73 Å². The first-order valence-electron chi connectivity index (χ1n) is 6.14. The van der Waals surface area contributed by atoms with Crippen LogP contribution in [0.3, 0.4) is 0 Å². The first-order valence-corrected chi connectivity index (χ1v) is 7.40. The van der Waals surface area contributed by atoms with Crippen LogP contribution in [0.5, 0.6) is 5.75 Å². The largest absolute Gasteiger partial charge is 0.493 e. The summed E-state index contributed by atoms with van der Waals surface area (Å²) in [5.74, 6) is 0.807. The summed E-state index contributed by atoms with van der Waals surface area (Å²) < 4.78 is 5.82. The molecule has 1 heterocycles. The maximum absolute atomic E-state index is 5.98. The van der Waals surface area contributed by atoms with Gasteiger partial charge in [0.1, 0.15) is 5.75 Å². The SMILES string of the molecule is Cc1ncsc1CCOc1ccc(Cl)cc1[C@@H](C)N. The maximum Gasteiger partial charge on any atom is 0.124 e. The quantitative estimate of drug-likeness (QED) is 0.914. The molecule has 0 radical (unpaired) electrons. The normalized spacial score (nSPS) is 12.4. The summed E-state index contributed by atoms with van der Waals surface area (Å²) in [5, 5.41) is 0.679. The first kappa shape index (κ1) is 14.3. The van der Waals surface area contributed by atoms with Crippen LogP contribution >= 0.6 is 22.9 Å². The Kier molecular flexibility index (Phi) is 4.80. The third-order valence-corrected chi connectivity index (χ3v) is 4.12. The number of benzene rings is 1. The number of aromatic nitrogens is 1. The average molecular weight is 297 g/mol. The molecule has 0 aliphatic carbocycles. The van der Waals surface area contributed by atoms with Crippen molar-refractivity contribution in [2.75, 3.05) is 6.61 Å². The van der Waals surface area contributed by atoms with Crippen LogP contribution in [0, 0.1) is 6.92 Å². The molecule has 0 amide bonds. The van der Waals surface area contributed by atoms with Crippen LogP contribution in [0.4, 0.5) is 0 Å². The molecule has 0 saturated carbocycles. The van der Waals surface area contributed by atoms with Gasteiger partial charge in [-0.25, -0.2) is 4.98 Å². The Hall–Kier alpha value is -1.10. The summed E-state index contributed by atoms with van der Waals surface area (Å²) >= 11 is 7.64. The van der Waals surface area contributed by atoms with Gasteiger partial charge in [0.05, 0.1) is 17.8 Å². The molecular weight excluding hydrogens is 280 g/mol. The molecule has 0 spiro atoms. The van der Waals surface area contributed by atoms with Gasteiger partial charge in [-0.3, -0.25) is 0 Å². The number of rotatable bonds is 5. The van der Waals surface area contributed by atoms with Crippen molar-refractivity contribution >= 4 is 22.9 Å². The second kappa shape index (κ2) is 6.37. The topological polar surface area (TPSA) is 48.1 Å². The minimum atomic E-state index is -0.0983. The van der Waals surface area contributed by atoms with Gasteiger partial charge in [-0.1, -0.05) is 11.6 Å². The van der Waals surface area contributed by atoms with Crippen molar-refractivity contribution < 1.29 is 4.74 Å². The van der Waals surface area contributed by atoms with E-state index in [1.165, 1.54) is 4.88 Å². The van der Waals surface area contributed by atoms with Crippen molar-refractivity contribution in [3.63, 3.8) is 0 Å². The molecule has 1 aromatic carbocycles. The summed E-state index contributed by atoms with van der Waals surface area (Å²) in [6, 6.07) is 5.46. The van der Waals surface area contributed by atoms with Gasteiger partial charge < -0.3 is 10.5 Å². The molecule has 0 saturated heterocycles. The van der Waals surface area contributed by atoms with E-state index in [9.17, 15) is 0 Å². The Labute approximate surface area is 122 Å². The fourth-order valence-corrected chi connectivity index (χ4v) is 2.77. The molecule has 1 aromatic heterocycles. The third kappa shape index (κ3) is 3.69. The highest BCUT2D eigenvalue weighted by atomic mass is 35.5. The van der Waals surface area contributed by atoms with Crippen LogP contribution in [0.1, 0.15) is 29.1 Å². The van der Waals surface area contributed by atoms with Crippen LogP contribution in [0.25, 0.3) is 0 Å². The van der Waals surface area contributed by atoms with Gasteiger partial charge in [0, 0.05) is 27.9 Å². The van der Waals surface area contributed by atoms with E-state index in [0.29, 0.717) is 11.6 Å². The third-order valence-electron chi connectivity index (χ3n) is 2.89. The molecule has 1 atom stereocenters. The Balaban J connectivity index is 2.01. The van der Waals surface area contributed by atoms with E-state index in [0.717, 1.165) is 23.4 Å². The average Bonchev–Trinajstić information content (AvgIpc) is 2.77. The lowest BCUT2D eigenvalue weighted by Gasteiger charge is -2.14. The molecule has 0 unspecified atom stereocenters. The zero-order valence-corrected chi connectivity index (χ0v) is 12.6. The van der Waals surface area contributed by atoms with Crippen molar-refractivity contribution in [3.05, 3.63) is 44.9 Å². The molecular formula is C14H17ClN2OS. The first-order chi connectivity index (χ1) is 9.08. The van der Waals surface area contributed by atoms with Crippen molar-refractivity contribution in [1.29, 1.82) is 0 Å². The van der Waals surface area contributed by atoms with E-state index in [-0.39, 0.29) is 6.04 Å². The summed E-state index contributed by atoms with van der Waals surface area (Å²) in [4.78, 5) is 5.49. The van der Waals surface area contributed by atoms with E-state index in [1.54, 1.807) is 11.3 Å². The predicted molar refractivity (Wildman–Crippen MR) is 80.1 cm³/mol. The predicted octanol–water partition coefficient (Wildman–Crippen LogP) is 3.75. The molecule has 0 bridgehead atoms. The van der Waals surface area contributed by atoms with E-state index < -0.39 is 0 Å². The number of hydrogen-bond donors (Lipinski definition) is 1. The smallest absolute Gasteiger partial charge is 0.124 e. The Morgan fingerprint density at radius 1 is 1.47 bits per heavy atom. The standard InChI is InChI=1S/C14H17ClN2OS/c1-9(16)12-7-11(15)3-4-13(12)18-6-5-14-10(2)17-8-19-14/h3-4,7-9H,5-6,16H2,1-2H3/t9-/m1/s1. The Morgan fingerprint density at radius 3 is 2.89 bits per heavy atom. The van der Waals surface area contributed by atoms with E-state index >= 15 is 0 Å². The number of thiazole rings is 1. The van der Waals surface area contributed by atoms with Gasteiger partial charge in [0.15, 0.2) is 0 Å². The molecule has 5 heteroatoms. The van der Waals surface area contributed by atoms with E-state index in [2.05, 4.69) is 4.98 Å². The lowest BCUT2D eigenvalue weighted by atomic mass is 10.1. The number of hydrogen-bond acceptors (Lipinski definition) is 4. The van der Waals surface area contributed by atoms with Gasteiger partial charge >= 0.3 is 0 Å². The van der Waals surface area contributed by atoms with Crippen LogP contribution in [-0.4, -0.2) is 11.6 Å². The highest BCUT2D eigenvalue weighted by molar-refractivity contribution is 7.09. The van der Waals surface area contributed by atoms with Crippen LogP contribution in [0.15, 0.2) is 23.7 Å². The van der Waals surface area contributed by atoms with Gasteiger partial charge in [-0.2, -0.15) is 0 Å². The second-order valence-corrected chi connectivity index (χ2v) is 5.81. The number of aryl methyl sites for hydroxylation is 1. The molecule has 2 N–H and O–H groups in total. The monoisotopic (exact) mass is 296 g/mol. The number of nitrogens with two attached hydrogens (primary N) is 1. The van der Waals surface area contributed by atoms with E-state index in [1.807, 2.05) is 37.6 Å². The fourth-order valence-electron chi connectivity index (χ4n) is 1.83. The van der Waals surface area contributed by atoms with Crippen LogP contribution < -0.4 is 10.5 Å². The minimum Gasteiger partial charge on any atom is -0.493 e. The highest BCUT2D eigenvalue weighted by Crippen LogP contribution is 2.27. The summed E-state index contributed by atoms with van der Waals surface area (Å²) in [6.45, 7) is 4.55. The molecule has 19 heavy (non-hydrogen) atoms. The van der Waals surface area contributed by atoms with Crippen LogP contribution in [0.2, 0.25) is 5.02 Å². The zero-order chi connectivity index (χ0) is 13.8. The zero-order valence-electron chi connectivity index (χ0n) is 11.0. The molecule has 102 valence electrons. The van der Waals surface area contributed by atoms with Crippen LogP contribution in [-0.2, 0) is 6.42 Å². The molecule has 0 fully saturated rings. The molecule has 3 nitrogen and oxygen atoms in total. The van der Waals surface area contributed by atoms with Gasteiger partial charge in [-0.05, 0) is 32.0 Å². The minimum absolute atomic E-state index is 0.0983. The van der Waals surface area contributed by atoms with E-state index in [4.69, 9.17) is 22.1 Å². The fraction of sp³-hybridized carbons (Fsp3) is 0.357. The van der Waals surface area contributed by atoms with Crippen molar-refractivity contribution in [2.45, 2.75) is 26.3 Å². The number of ether oxygens (including phenoxy) is 1. The summed E-state index contributed by atoms with van der Waals surface area (Å²) in [6.07, 6.45) is 0.859. The molecule has 2 rings (SSSR count). The molecule has 0 aliphatic heterocycles. The highest BCUT2D eigenvalue weighted by Gasteiger charge is 2.09.